The van der Waals surface area contributed by atoms with Crippen LogP contribution in [-0.4, -0.2) is 25.7 Å². The minimum Gasteiger partial charge on any atom is -0.486 e. The lowest BCUT2D eigenvalue weighted by molar-refractivity contribution is 0.0992. The summed E-state index contributed by atoms with van der Waals surface area (Å²) in [5.41, 5.74) is 0.706. The Morgan fingerprint density at radius 3 is 2.91 bits per heavy atom. The average molecular weight is 472 g/mol. The van der Waals surface area contributed by atoms with Crippen molar-refractivity contribution < 1.29 is 18.3 Å². The van der Waals surface area contributed by atoms with Crippen molar-refractivity contribution in [2.24, 2.45) is 0 Å². The van der Waals surface area contributed by atoms with Crippen molar-refractivity contribution in [2.45, 2.75) is 20.1 Å². The molecule has 0 radical (unpaired) electrons. The van der Waals surface area contributed by atoms with Gasteiger partial charge in [0, 0.05) is 6.54 Å². The van der Waals surface area contributed by atoms with Gasteiger partial charge >= 0.3 is 0 Å². The monoisotopic (exact) mass is 471 g/mol. The van der Waals surface area contributed by atoms with Crippen molar-refractivity contribution in [3.8, 4) is 16.5 Å². The van der Waals surface area contributed by atoms with E-state index in [1.54, 1.807) is 22.8 Å². The van der Waals surface area contributed by atoms with Crippen LogP contribution in [0, 0.1) is 17.5 Å². The van der Waals surface area contributed by atoms with E-state index in [-0.39, 0.29) is 18.2 Å². The summed E-state index contributed by atoms with van der Waals surface area (Å²) in [5, 5.41) is 10.2. The molecule has 8 nitrogen and oxygen atoms in total. The molecule has 32 heavy (non-hydrogen) atoms. The Morgan fingerprint density at radius 2 is 2.16 bits per heavy atom. The molecule has 1 aromatic carbocycles. The number of aromatic nitrogens is 4. The van der Waals surface area contributed by atoms with Crippen LogP contribution in [0.2, 0.25) is 0 Å². The van der Waals surface area contributed by atoms with E-state index in [1.165, 1.54) is 35.6 Å². The summed E-state index contributed by atoms with van der Waals surface area (Å²) < 4.78 is 26.3. The zero-order chi connectivity index (χ0) is 22.7. The van der Waals surface area contributed by atoms with Gasteiger partial charge in [0.15, 0.2) is 21.5 Å². The molecular formula is C21H18FN5O3S2. The van der Waals surface area contributed by atoms with Gasteiger partial charge in [0.1, 0.15) is 23.9 Å². The van der Waals surface area contributed by atoms with Crippen molar-refractivity contribution in [2.75, 3.05) is 5.32 Å². The van der Waals surface area contributed by atoms with E-state index in [9.17, 15) is 9.18 Å². The number of allylic oxidation sites excluding steroid dienone is 1. The Hall–Kier alpha value is -3.57. The number of benzene rings is 1. The smallest absolute Gasteiger partial charge is 0.293 e. The first-order chi connectivity index (χ1) is 15.4. The van der Waals surface area contributed by atoms with Gasteiger partial charge in [-0.25, -0.2) is 9.37 Å². The van der Waals surface area contributed by atoms with Crippen molar-refractivity contribution >= 4 is 34.6 Å². The molecule has 3 heterocycles. The number of halogens is 1. The second-order valence-corrected chi connectivity index (χ2v) is 8.03. The first kappa shape index (κ1) is 21.7. The van der Waals surface area contributed by atoms with Crippen LogP contribution < -0.4 is 10.1 Å². The lowest BCUT2D eigenvalue weighted by Crippen LogP contribution is -2.10. The number of carbonyl (C=O) groups is 1. The van der Waals surface area contributed by atoms with Gasteiger partial charge in [-0.1, -0.05) is 17.4 Å². The molecule has 1 amide bonds. The lowest BCUT2D eigenvalue weighted by Gasteiger charge is -2.03. The van der Waals surface area contributed by atoms with Crippen LogP contribution in [0.25, 0.3) is 10.7 Å². The molecule has 164 valence electrons. The highest BCUT2D eigenvalue weighted by molar-refractivity contribution is 7.71. The van der Waals surface area contributed by atoms with E-state index in [4.69, 9.17) is 21.4 Å². The fraction of sp³-hybridized carbons (Fsp3) is 0.143. The number of furan rings is 1. The highest BCUT2D eigenvalue weighted by atomic mass is 32.1. The second-order valence-electron chi connectivity index (χ2n) is 6.65. The third kappa shape index (κ3) is 4.68. The first-order valence-corrected chi connectivity index (χ1v) is 10.7. The maximum Gasteiger partial charge on any atom is 0.293 e. The van der Waals surface area contributed by atoms with Crippen LogP contribution in [0.3, 0.4) is 0 Å². The van der Waals surface area contributed by atoms with Crippen LogP contribution in [0.5, 0.6) is 5.75 Å². The number of rotatable bonds is 8. The largest absolute Gasteiger partial charge is 0.486 e. The number of amides is 1. The van der Waals surface area contributed by atoms with Gasteiger partial charge in [-0.15, -0.1) is 6.58 Å². The molecular weight excluding hydrogens is 453 g/mol. The van der Waals surface area contributed by atoms with Gasteiger partial charge < -0.3 is 9.15 Å². The predicted molar refractivity (Wildman–Crippen MR) is 121 cm³/mol. The number of ether oxygens (including phenoxy) is 1. The molecule has 4 aromatic rings. The molecule has 11 heteroatoms. The molecule has 0 saturated carbocycles. The minimum absolute atomic E-state index is 0.102. The number of H-pyrrole nitrogens is 1. The molecule has 0 aliphatic carbocycles. The number of aryl methyl sites for hydroxylation is 1. The SMILES string of the molecule is C=CCn1c(-c2sc(NC(=O)c3ccc(COc4ccc(F)cc4)o3)nc2C)n[nH]c1=S. The number of nitrogens with zero attached hydrogens (tertiary/aromatic N) is 3. The quantitative estimate of drug-likeness (QED) is 0.273. The normalized spacial score (nSPS) is 10.8. The maximum atomic E-state index is 13.0. The lowest BCUT2D eigenvalue weighted by atomic mass is 10.3. The molecule has 0 saturated heterocycles. The molecule has 4 rings (SSSR count). The Kier molecular flexibility index (Phi) is 6.28. The van der Waals surface area contributed by atoms with E-state index >= 15 is 0 Å². The second kappa shape index (κ2) is 9.28. The molecule has 0 spiro atoms. The Bertz CT molecular complexity index is 1320. The van der Waals surface area contributed by atoms with Gasteiger partial charge in [0.05, 0.1) is 10.6 Å². The fourth-order valence-corrected chi connectivity index (χ4v) is 4.04. The predicted octanol–water partition coefficient (Wildman–Crippen LogP) is 5.12. The summed E-state index contributed by atoms with van der Waals surface area (Å²) in [7, 11) is 0. The number of thiazole rings is 1. The number of carbonyl (C=O) groups excluding carboxylic acids is 1. The molecule has 0 atom stereocenters. The van der Waals surface area contributed by atoms with Crippen molar-refractivity contribution in [1.82, 2.24) is 19.7 Å². The van der Waals surface area contributed by atoms with E-state index in [1.807, 2.05) is 6.92 Å². The number of aromatic amines is 1. The topological polar surface area (TPSA) is 98.0 Å². The Morgan fingerprint density at radius 1 is 1.38 bits per heavy atom. The van der Waals surface area contributed by atoms with Crippen LogP contribution in [0.4, 0.5) is 9.52 Å². The number of hydrogen-bond donors (Lipinski definition) is 2. The third-order valence-corrected chi connectivity index (χ3v) is 5.75. The van der Waals surface area contributed by atoms with Gasteiger partial charge in [0.25, 0.3) is 5.91 Å². The van der Waals surface area contributed by atoms with Gasteiger partial charge in [-0.05, 0) is 55.5 Å². The van der Waals surface area contributed by atoms with E-state index in [2.05, 4.69) is 27.1 Å². The molecule has 0 bridgehead atoms. The Balaban J connectivity index is 1.44. The average Bonchev–Trinajstić information content (AvgIpc) is 3.48. The van der Waals surface area contributed by atoms with Gasteiger partial charge in [0.2, 0.25) is 0 Å². The molecule has 0 fully saturated rings. The van der Waals surface area contributed by atoms with Crippen LogP contribution in [0.1, 0.15) is 22.0 Å². The molecule has 0 unspecified atom stereocenters. The van der Waals surface area contributed by atoms with Crippen molar-refractivity contribution in [3.05, 3.63) is 76.9 Å². The summed E-state index contributed by atoms with van der Waals surface area (Å²) >= 11 is 6.54. The standard InChI is InChI=1S/C21H18FN5O3S2/c1-3-10-27-18(25-26-21(27)31)17-12(2)23-20(32-17)24-19(28)16-9-8-15(30-16)11-29-14-6-4-13(22)5-7-14/h3-9H,1,10-11H2,2H3,(H,26,31)(H,23,24,28). The first-order valence-electron chi connectivity index (χ1n) is 9.47. The zero-order valence-electron chi connectivity index (χ0n) is 16.9. The summed E-state index contributed by atoms with van der Waals surface area (Å²) in [6, 6.07) is 8.83. The molecule has 0 aliphatic heterocycles. The van der Waals surface area contributed by atoms with E-state index in [0.29, 0.717) is 39.5 Å². The summed E-state index contributed by atoms with van der Waals surface area (Å²) in [5.74, 6) is 0.907. The summed E-state index contributed by atoms with van der Waals surface area (Å²) in [4.78, 5) is 17.8. The minimum atomic E-state index is -0.441. The van der Waals surface area contributed by atoms with Crippen LogP contribution in [0.15, 0.2) is 53.5 Å². The van der Waals surface area contributed by atoms with Crippen LogP contribution >= 0.6 is 23.6 Å². The van der Waals surface area contributed by atoms with Crippen molar-refractivity contribution in [3.63, 3.8) is 0 Å². The van der Waals surface area contributed by atoms with Gasteiger partial charge in [-0.3, -0.25) is 19.8 Å². The number of anilines is 1. The highest BCUT2D eigenvalue weighted by Gasteiger charge is 2.19. The fourth-order valence-electron chi connectivity index (χ4n) is 2.87. The molecule has 3 aromatic heterocycles. The van der Waals surface area contributed by atoms with E-state index < -0.39 is 5.91 Å². The zero-order valence-corrected chi connectivity index (χ0v) is 18.6. The molecule has 0 aliphatic rings. The molecule has 2 N–H and O–H groups in total. The Labute approximate surface area is 191 Å². The summed E-state index contributed by atoms with van der Waals surface area (Å²) in [6.45, 7) is 6.17. The maximum absolute atomic E-state index is 13.0. The third-order valence-electron chi connectivity index (χ3n) is 4.37. The van der Waals surface area contributed by atoms with Crippen molar-refractivity contribution in [1.29, 1.82) is 0 Å². The van der Waals surface area contributed by atoms with E-state index in [0.717, 1.165) is 4.88 Å². The van der Waals surface area contributed by atoms with Gasteiger partial charge in [-0.2, -0.15) is 5.10 Å². The van der Waals surface area contributed by atoms with Crippen LogP contribution in [-0.2, 0) is 13.2 Å². The number of hydrogen-bond acceptors (Lipinski definition) is 7. The highest BCUT2D eigenvalue weighted by Crippen LogP contribution is 2.32. The number of nitrogens with one attached hydrogen (secondary N) is 2. The summed E-state index contributed by atoms with van der Waals surface area (Å²) in [6.07, 6.45) is 1.72.